The summed E-state index contributed by atoms with van der Waals surface area (Å²) in [5.74, 6) is 0.676. The quantitative estimate of drug-likeness (QED) is 0.352. The van der Waals surface area contributed by atoms with Gasteiger partial charge in [-0.1, -0.05) is 25.5 Å². The second kappa shape index (κ2) is 8.18. The van der Waals surface area contributed by atoms with Crippen molar-refractivity contribution in [3.05, 3.63) is 11.6 Å². The number of rotatable bonds is 4. The first kappa shape index (κ1) is 23.3. The van der Waals surface area contributed by atoms with Gasteiger partial charge in [-0.05, 0) is 68.1 Å². The highest BCUT2D eigenvalue weighted by molar-refractivity contribution is 5.73. The van der Waals surface area contributed by atoms with E-state index in [-0.39, 0.29) is 41.3 Å². The van der Waals surface area contributed by atoms with Gasteiger partial charge >= 0.3 is 17.9 Å². The maximum absolute atomic E-state index is 12.3. The van der Waals surface area contributed by atoms with Crippen molar-refractivity contribution in [2.75, 3.05) is 7.11 Å². The molecule has 0 amide bonds. The fourth-order valence-corrected chi connectivity index (χ4v) is 8.13. The van der Waals surface area contributed by atoms with Gasteiger partial charge < -0.3 is 14.2 Å². The fraction of sp³-hybridized carbons (Fsp3) is 0.808. The van der Waals surface area contributed by atoms with Crippen molar-refractivity contribution < 1.29 is 28.6 Å². The van der Waals surface area contributed by atoms with Crippen LogP contribution in [0.1, 0.15) is 85.5 Å². The zero-order chi connectivity index (χ0) is 23.3. The third-order valence-corrected chi connectivity index (χ3v) is 9.68. The van der Waals surface area contributed by atoms with Gasteiger partial charge in [0.25, 0.3) is 0 Å². The zero-order valence-corrected chi connectivity index (χ0v) is 20.2. The molecule has 4 aliphatic carbocycles. The summed E-state index contributed by atoms with van der Waals surface area (Å²) in [6.07, 6.45) is 10.1. The van der Waals surface area contributed by atoms with Gasteiger partial charge in [-0.2, -0.15) is 0 Å². The predicted molar refractivity (Wildman–Crippen MR) is 118 cm³/mol. The van der Waals surface area contributed by atoms with E-state index in [1.165, 1.54) is 26.5 Å². The highest BCUT2D eigenvalue weighted by atomic mass is 16.6. The summed E-state index contributed by atoms with van der Waals surface area (Å²) in [6.45, 7) is 7.58. The van der Waals surface area contributed by atoms with E-state index < -0.39 is 5.60 Å². The molecule has 0 aromatic heterocycles. The lowest BCUT2D eigenvalue weighted by atomic mass is 9.46. The minimum atomic E-state index is -0.778. The number of esters is 3. The van der Waals surface area contributed by atoms with Crippen molar-refractivity contribution in [1.82, 2.24) is 0 Å². The summed E-state index contributed by atoms with van der Waals surface area (Å²) in [5.41, 5.74) is 0.582. The molecular formula is C26H38O6. The molecule has 0 saturated heterocycles. The molecule has 6 heteroatoms. The molecule has 7 atom stereocenters. The van der Waals surface area contributed by atoms with E-state index in [1.54, 1.807) is 0 Å². The largest absolute Gasteiger partial charge is 0.469 e. The third-order valence-electron chi connectivity index (χ3n) is 9.68. The number of allylic oxidation sites excluding steroid dienone is 1. The summed E-state index contributed by atoms with van der Waals surface area (Å²) < 4.78 is 16.5. The maximum Gasteiger partial charge on any atom is 0.309 e. The van der Waals surface area contributed by atoms with Crippen molar-refractivity contribution in [3.8, 4) is 0 Å². The number of hydrogen-bond acceptors (Lipinski definition) is 6. The Hall–Kier alpha value is -1.85. The molecule has 6 nitrogen and oxygen atoms in total. The summed E-state index contributed by atoms with van der Waals surface area (Å²) in [7, 11) is 1.40. The summed E-state index contributed by atoms with van der Waals surface area (Å²) in [4.78, 5) is 35.9. The SMILES string of the molecule is COC(=O)C[C@]1(OC(C)=O)CC[C@@H]2[C@@H]3CC=C4C[C@H](OC(C)=O)CC[C@]4(C)[C@H]3CC[C@]21C. The Bertz CT molecular complexity index is 832. The van der Waals surface area contributed by atoms with E-state index in [0.717, 1.165) is 44.9 Å². The molecule has 3 fully saturated rings. The Labute approximate surface area is 191 Å². The van der Waals surface area contributed by atoms with Crippen LogP contribution < -0.4 is 0 Å². The predicted octanol–water partition coefficient (Wildman–Crippen LogP) is 4.75. The van der Waals surface area contributed by atoms with Crippen molar-refractivity contribution in [2.24, 2.45) is 28.6 Å². The average Bonchev–Trinajstić information content (AvgIpc) is 2.99. The molecule has 0 bridgehead atoms. The lowest BCUT2D eigenvalue weighted by Gasteiger charge is -2.59. The molecule has 0 aromatic rings. The molecule has 0 aromatic carbocycles. The van der Waals surface area contributed by atoms with E-state index in [9.17, 15) is 14.4 Å². The maximum atomic E-state index is 12.3. The topological polar surface area (TPSA) is 78.9 Å². The van der Waals surface area contributed by atoms with Crippen LogP contribution >= 0.6 is 0 Å². The van der Waals surface area contributed by atoms with Crippen LogP contribution in [0, 0.1) is 28.6 Å². The van der Waals surface area contributed by atoms with Gasteiger partial charge in [0.1, 0.15) is 11.7 Å². The Morgan fingerprint density at radius 3 is 2.38 bits per heavy atom. The highest BCUT2D eigenvalue weighted by Crippen LogP contribution is 2.68. The average molecular weight is 447 g/mol. The normalized spacial score (nSPS) is 42.6. The Morgan fingerprint density at radius 2 is 1.72 bits per heavy atom. The second-order valence-electron chi connectivity index (χ2n) is 11.1. The van der Waals surface area contributed by atoms with Crippen LogP contribution in [0.3, 0.4) is 0 Å². The first-order valence-corrected chi connectivity index (χ1v) is 12.2. The van der Waals surface area contributed by atoms with Crippen molar-refractivity contribution in [3.63, 3.8) is 0 Å². The summed E-state index contributed by atoms with van der Waals surface area (Å²) in [5, 5.41) is 0. The van der Waals surface area contributed by atoms with E-state index >= 15 is 0 Å². The van der Waals surface area contributed by atoms with Crippen molar-refractivity contribution in [1.29, 1.82) is 0 Å². The second-order valence-corrected chi connectivity index (χ2v) is 11.1. The number of hydrogen-bond donors (Lipinski definition) is 0. The molecule has 0 spiro atoms. The monoisotopic (exact) mass is 446 g/mol. The van der Waals surface area contributed by atoms with Crippen LogP contribution in [0.15, 0.2) is 11.6 Å². The Morgan fingerprint density at radius 1 is 1.00 bits per heavy atom. The minimum Gasteiger partial charge on any atom is -0.469 e. The van der Waals surface area contributed by atoms with Crippen LogP contribution in [0.4, 0.5) is 0 Å². The smallest absolute Gasteiger partial charge is 0.309 e. The molecule has 3 saturated carbocycles. The Balaban J connectivity index is 1.62. The molecule has 4 aliphatic rings. The number of ether oxygens (including phenoxy) is 3. The molecule has 0 aliphatic heterocycles. The molecule has 178 valence electrons. The standard InChI is InChI=1S/C26H38O6/c1-16(27)31-19-8-11-24(3)18(14-19)6-7-20-21(24)9-12-25(4)22(20)10-13-26(25,32-17(2)28)15-23(29)30-5/h6,19-22H,7-15H2,1-5H3/t19-,20-,21+,22-,24+,25-,26-/m1/s1. The van der Waals surface area contributed by atoms with E-state index in [0.29, 0.717) is 24.2 Å². The van der Waals surface area contributed by atoms with Crippen LogP contribution in [0.25, 0.3) is 0 Å². The van der Waals surface area contributed by atoms with Crippen molar-refractivity contribution in [2.45, 2.75) is 97.2 Å². The lowest BCUT2D eigenvalue weighted by Crippen LogP contribution is -2.56. The molecular weight excluding hydrogens is 408 g/mol. The van der Waals surface area contributed by atoms with Gasteiger partial charge in [0.15, 0.2) is 0 Å². The van der Waals surface area contributed by atoms with Gasteiger partial charge in [0.2, 0.25) is 0 Å². The zero-order valence-electron chi connectivity index (χ0n) is 20.2. The molecule has 0 N–H and O–H groups in total. The van der Waals surface area contributed by atoms with Gasteiger partial charge in [-0.15, -0.1) is 0 Å². The van der Waals surface area contributed by atoms with Crippen LogP contribution in [0.2, 0.25) is 0 Å². The molecule has 0 heterocycles. The fourth-order valence-electron chi connectivity index (χ4n) is 8.13. The van der Waals surface area contributed by atoms with E-state index in [1.807, 2.05) is 0 Å². The van der Waals surface area contributed by atoms with Gasteiger partial charge in [0.05, 0.1) is 13.5 Å². The van der Waals surface area contributed by atoms with E-state index in [2.05, 4.69) is 19.9 Å². The van der Waals surface area contributed by atoms with Crippen LogP contribution in [-0.2, 0) is 28.6 Å². The van der Waals surface area contributed by atoms with Gasteiger partial charge in [0, 0.05) is 25.7 Å². The molecule has 32 heavy (non-hydrogen) atoms. The third kappa shape index (κ3) is 3.58. The number of carbonyl (C=O) groups is 3. The first-order valence-electron chi connectivity index (χ1n) is 12.2. The van der Waals surface area contributed by atoms with E-state index in [4.69, 9.17) is 14.2 Å². The Kier molecular flexibility index (Phi) is 5.96. The minimum absolute atomic E-state index is 0.000356. The summed E-state index contributed by atoms with van der Waals surface area (Å²) >= 11 is 0. The number of methoxy groups -OCH3 is 1. The van der Waals surface area contributed by atoms with Gasteiger partial charge in [-0.25, -0.2) is 0 Å². The highest BCUT2D eigenvalue weighted by Gasteiger charge is 2.66. The van der Waals surface area contributed by atoms with Crippen LogP contribution in [-0.4, -0.2) is 36.7 Å². The summed E-state index contributed by atoms with van der Waals surface area (Å²) in [6, 6.07) is 0. The van der Waals surface area contributed by atoms with Crippen LogP contribution in [0.5, 0.6) is 0 Å². The molecule has 0 radical (unpaired) electrons. The lowest BCUT2D eigenvalue weighted by molar-refractivity contribution is -0.188. The van der Waals surface area contributed by atoms with Crippen molar-refractivity contribution >= 4 is 17.9 Å². The first-order chi connectivity index (χ1) is 15.0. The van der Waals surface area contributed by atoms with Gasteiger partial charge in [-0.3, -0.25) is 14.4 Å². The number of fused-ring (bicyclic) bond motifs is 5. The molecule has 4 rings (SSSR count). The molecule has 0 unspecified atom stereocenters. The number of carbonyl (C=O) groups excluding carboxylic acids is 3.